The van der Waals surface area contributed by atoms with E-state index in [0.717, 1.165) is 45.6 Å². The Hall–Kier alpha value is -2.19. The van der Waals surface area contributed by atoms with Gasteiger partial charge in [-0.25, -0.2) is 9.48 Å². The van der Waals surface area contributed by atoms with Crippen LogP contribution < -0.4 is 11.0 Å². The number of rotatable bonds is 6. The number of hydrogen-bond acceptors (Lipinski definition) is 5. The highest BCUT2D eigenvalue weighted by atomic mass is 16.2. The number of nitrogens with one attached hydrogen (secondary N) is 1. The number of pyridine rings is 1. The minimum atomic E-state index is -0.0917. The summed E-state index contributed by atoms with van der Waals surface area (Å²) in [7, 11) is 0. The smallest absolute Gasteiger partial charge is 0.350 e. The molecule has 2 fully saturated rings. The Labute approximate surface area is 146 Å². The lowest BCUT2D eigenvalue weighted by atomic mass is 10.3. The van der Waals surface area contributed by atoms with Crippen molar-refractivity contribution >= 4 is 11.6 Å². The molecule has 2 aromatic rings. The van der Waals surface area contributed by atoms with Crippen LogP contribution in [-0.2, 0) is 11.3 Å². The van der Waals surface area contributed by atoms with Crippen molar-refractivity contribution in [3.63, 3.8) is 0 Å². The lowest BCUT2D eigenvalue weighted by Gasteiger charge is -2.34. The Balaban J connectivity index is 1.25. The Bertz CT molecular complexity index is 801. The number of aromatic nitrogens is 3. The topological polar surface area (TPSA) is 74.9 Å². The van der Waals surface area contributed by atoms with Gasteiger partial charge in [-0.2, -0.15) is 0 Å². The van der Waals surface area contributed by atoms with Gasteiger partial charge in [-0.3, -0.25) is 19.0 Å². The first-order chi connectivity index (χ1) is 12.2. The van der Waals surface area contributed by atoms with Crippen molar-refractivity contribution in [2.24, 2.45) is 0 Å². The Morgan fingerprint density at radius 1 is 1.12 bits per heavy atom. The summed E-state index contributed by atoms with van der Waals surface area (Å²) in [4.78, 5) is 28.6. The Morgan fingerprint density at radius 2 is 1.88 bits per heavy atom. The van der Waals surface area contributed by atoms with Crippen molar-refractivity contribution in [3.8, 4) is 0 Å². The van der Waals surface area contributed by atoms with Gasteiger partial charge >= 0.3 is 5.69 Å². The molecule has 0 unspecified atom stereocenters. The number of piperazine rings is 1. The number of nitrogens with zero attached hydrogens (tertiary/aromatic N) is 5. The van der Waals surface area contributed by atoms with E-state index in [-0.39, 0.29) is 11.6 Å². The van der Waals surface area contributed by atoms with Crippen molar-refractivity contribution in [3.05, 3.63) is 34.9 Å². The van der Waals surface area contributed by atoms with Gasteiger partial charge in [0.15, 0.2) is 5.65 Å². The fourth-order valence-corrected chi connectivity index (χ4v) is 3.22. The van der Waals surface area contributed by atoms with Gasteiger partial charge in [0.2, 0.25) is 5.91 Å². The van der Waals surface area contributed by atoms with Crippen LogP contribution in [0.1, 0.15) is 12.8 Å². The van der Waals surface area contributed by atoms with Gasteiger partial charge in [0, 0.05) is 45.0 Å². The molecule has 25 heavy (non-hydrogen) atoms. The number of carbonyl (C=O) groups is 1. The molecule has 0 radical (unpaired) electrons. The summed E-state index contributed by atoms with van der Waals surface area (Å²) in [5, 5.41) is 7.40. The van der Waals surface area contributed by atoms with Crippen molar-refractivity contribution in [1.82, 2.24) is 29.3 Å². The molecule has 0 bridgehead atoms. The fourth-order valence-electron chi connectivity index (χ4n) is 3.22. The minimum absolute atomic E-state index is 0.0917. The maximum absolute atomic E-state index is 12.3. The minimum Gasteiger partial charge on any atom is -0.352 e. The van der Waals surface area contributed by atoms with E-state index in [0.29, 0.717) is 24.8 Å². The molecule has 1 saturated carbocycles. The molecule has 4 rings (SSSR count). The quantitative estimate of drug-likeness (QED) is 0.757. The van der Waals surface area contributed by atoms with E-state index in [2.05, 4.69) is 20.2 Å². The summed E-state index contributed by atoms with van der Waals surface area (Å²) in [5.41, 5.74) is 0.588. The number of fused-ring (bicyclic) bond motifs is 1. The summed E-state index contributed by atoms with van der Waals surface area (Å²) in [6.07, 6.45) is 4.00. The molecule has 2 aliphatic rings. The molecule has 8 nitrogen and oxygen atoms in total. The molecule has 2 aromatic heterocycles. The van der Waals surface area contributed by atoms with Gasteiger partial charge in [-0.05, 0) is 25.0 Å². The zero-order chi connectivity index (χ0) is 17.2. The van der Waals surface area contributed by atoms with Crippen molar-refractivity contribution < 1.29 is 4.79 Å². The predicted molar refractivity (Wildman–Crippen MR) is 93.5 cm³/mol. The molecule has 0 atom stereocenters. The average molecular weight is 344 g/mol. The van der Waals surface area contributed by atoms with Gasteiger partial charge in [0.1, 0.15) is 0 Å². The molecule has 3 heterocycles. The predicted octanol–water partition coefficient (Wildman–Crippen LogP) is -0.608. The molecule has 134 valence electrons. The monoisotopic (exact) mass is 344 g/mol. The van der Waals surface area contributed by atoms with Gasteiger partial charge in [0.25, 0.3) is 0 Å². The first kappa shape index (κ1) is 16.3. The van der Waals surface area contributed by atoms with Crippen LogP contribution >= 0.6 is 0 Å². The third-order valence-electron chi connectivity index (χ3n) is 4.89. The third-order valence-corrected chi connectivity index (χ3v) is 4.89. The largest absolute Gasteiger partial charge is 0.352 e. The highest BCUT2D eigenvalue weighted by Crippen LogP contribution is 2.18. The molecular weight excluding hydrogens is 320 g/mol. The Morgan fingerprint density at radius 3 is 2.60 bits per heavy atom. The standard InChI is InChI=1S/C17H24N6O2/c24-16(18-14-4-5-14)13-21-9-7-20(8-10-21)11-12-23-17(25)22-6-2-1-3-15(22)19-23/h1-3,6,14H,4-5,7-13H2,(H,18,24). The van der Waals surface area contributed by atoms with E-state index in [9.17, 15) is 9.59 Å². The molecule has 1 saturated heterocycles. The van der Waals surface area contributed by atoms with Crippen molar-refractivity contribution in [2.45, 2.75) is 25.4 Å². The Kier molecular flexibility index (Phi) is 4.54. The lowest BCUT2D eigenvalue weighted by Crippen LogP contribution is -2.50. The van der Waals surface area contributed by atoms with Crippen LogP contribution in [0, 0.1) is 0 Å². The van der Waals surface area contributed by atoms with E-state index < -0.39 is 0 Å². The highest BCUT2D eigenvalue weighted by molar-refractivity contribution is 5.78. The van der Waals surface area contributed by atoms with E-state index in [1.807, 2.05) is 18.2 Å². The number of amides is 1. The second kappa shape index (κ2) is 6.97. The van der Waals surface area contributed by atoms with Crippen LogP contribution in [0.15, 0.2) is 29.2 Å². The van der Waals surface area contributed by atoms with Gasteiger partial charge in [-0.15, -0.1) is 5.10 Å². The van der Waals surface area contributed by atoms with Gasteiger partial charge in [0.05, 0.1) is 13.1 Å². The fraction of sp³-hybridized carbons (Fsp3) is 0.588. The summed E-state index contributed by atoms with van der Waals surface area (Å²) >= 11 is 0. The van der Waals surface area contributed by atoms with Crippen LogP contribution in [0.4, 0.5) is 0 Å². The average Bonchev–Trinajstić information content (AvgIpc) is 3.37. The molecule has 1 aliphatic carbocycles. The van der Waals surface area contributed by atoms with E-state index in [1.54, 1.807) is 10.6 Å². The van der Waals surface area contributed by atoms with E-state index >= 15 is 0 Å². The van der Waals surface area contributed by atoms with Crippen molar-refractivity contribution in [2.75, 3.05) is 39.3 Å². The molecule has 1 aliphatic heterocycles. The lowest BCUT2D eigenvalue weighted by molar-refractivity contribution is -0.122. The molecular formula is C17H24N6O2. The number of hydrogen-bond donors (Lipinski definition) is 1. The first-order valence-corrected chi connectivity index (χ1v) is 8.97. The normalized spacial score (nSPS) is 19.4. The van der Waals surface area contributed by atoms with Crippen LogP contribution in [0.2, 0.25) is 0 Å². The summed E-state index contributed by atoms with van der Waals surface area (Å²) < 4.78 is 3.10. The maximum Gasteiger partial charge on any atom is 0.350 e. The highest BCUT2D eigenvalue weighted by Gasteiger charge is 2.25. The zero-order valence-electron chi connectivity index (χ0n) is 14.3. The zero-order valence-corrected chi connectivity index (χ0v) is 14.3. The van der Waals surface area contributed by atoms with Gasteiger partial charge < -0.3 is 5.32 Å². The third kappa shape index (κ3) is 3.91. The molecule has 0 spiro atoms. The van der Waals surface area contributed by atoms with Crippen LogP contribution in [0.25, 0.3) is 5.65 Å². The summed E-state index contributed by atoms with van der Waals surface area (Å²) in [6.45, 7) is 5.48. The van der Waals surface area contributed by atoms with Crippen molar-refractivity contribution in [1.29, 1.82) is 0 Å². The molecule has 8 heteroatoms. The SMILES string of the molecule is O=C(CN1CCN(CCn2nc3ccccn3c2=O)CC1)NC1CC1. The molecule has 0 aromatic carbocycles. The van der Waals surface area contributed by atoms with Crippen LogP contribution in [-0.4, -0.2) is 75.2 Å². The second-order valence-electron chi connectivity index (χ2n) is 6.89. The maximum atomic E-state index is 12.3. The molecule has 1 amide bonds. The first-order valence-electron chi connectivity index (χ1n) is 8.97. The second-order valence-corrected chi connectivity index (χ2v) is 6.89. The van der Waals surface area contributed by atoms with E-state index in [4.69, 9.17) is 0 Å². The van der Waals surface area contributed by atoms with E-state index in [1.165, 1.54) is 4.68 Å². The van der Waals surface area contributed by atoms with Crippen LogP contribution in [0.3, 0.4) is 0 Å². The number of carbonyl (C=O) groups excluding carboxylic acids is 1. The summed E-state index contributed by atoms with van der Waals surface area (Å²) in [6, 6.07) is 5.98. The summed E-state index contributed by atoms with van der Waals surface area (Å²) in [5.74, 6) is 0.146. The molecule has 1 N–H and O–H groups in total. The van der Waals surface area contributed by atoms with Crippen LogP contribution in [0.5, 0.6) is 0 Å². The van der Waals surface area contributed by atoms with Gasteiger partial charge in [-0.1, -0.05) is 6.07 Å².